The number of nitro groups is 1. The monoisotopic (exact) mass is 607 g/mol. The van der Waals surface area contributed by atoms with E-state index in [1.165, 1.54) is 34.1 Å². The number of aromatic nitrogens is 1. The topological polar surface area (TPSA) is 126 Å². The Labute approximate surface area is 248 Å². The number of esters is 1. The van der Waals surface area contributed by atoms with Gasteiger partial charge in [0.2, 0.25) is 0 Å². The molecule has 0 bridgehead atoms. The number of halogens is 1. The molecule has 0 saturated heterocycles. The molecule has 0 radical (unpaired) electrons. The summed E-state index contributed by atoms with van der Waals surface area (Å²) in [5, 5.41) is 11.5. The van der Waals surface area contributed by atoms with Crippen LogP contribution >= 0.6 is 22.9 Å². The van der Waals surface area contributed by atoms with E-state index in [0.717, 1.165) is 6.42 Å². The van der Waals surface area contributed by atoms with E-state index in [1.807, 2.05) is 13.0 Å². The maximum absolute atomic E-state index is 13.9. The summed E-state index contributed by atoms with van der Waals surface area (Å²) in [5.41, 5.74) is 1.42. The van der Waals surface area contributed by atoms with Gasteiger partial charge in [0.1, 0.15) is 17.3 Å². The number of fused-ring (bicyclic) bond motifs is 1. The van der Waals surface area contributed by atoms with Crippen LogP contribution < -0.4 is 19.6 Å². The first-order chi connectivity index (χ1) is 20.2. The van der Waals surface area contributed by atoms with Gasteiger partial charge in [-0.2, -0.15) is 0 Å². The van der Waals surface area contributed by atoms with Gasteiger partial charge in [-0.1, -0.05) is 48.4 Å². The van der Waals surface area contributed by atoms with Gasteiger partial charge in [0.25, 0.3) is 11.2 Å². The first-order valence-electron chi connectivity index (χ1n) is 13.2. The fourth-order valence-corrected chi connectivity index (χ4v) is 5.98. The summed E-state index contributed by atoms with van der Waals surface area (Å²) in [6.07, 6.45) is 2.83. The van der Waals surface area contributed by atoms with Gasteiger partial charge in [0, 0.05) is 23.8 Å². The van der Waals surface area contributed by atoms with Gasteiger partial charge < -0.3 is 13.9 Å². The Bertz CT molecular complexity index is 1900. The van der Waals surface area contributed by atoms with Crippen molar-refractivity contribution in [2.24, 2.45) is 4.99 Å². The van der Waals surface area contributed by atoms with E-state index in [1.54, 1.807) is 50.4 Å². The number of allylic oxidation sites excluding steroid dienone is 1. The minimum atomic E-state index is -0.782. The third-order valence-corrected chi connectivity index (χ3v) is 7.94. The van der Waals surface area contributed by atoms with Crippen LogP contribution in [0.1, 0.15) is 44.1 Å². The van der Waals surface area contributed by atoms with Gasteiger partial charge in [-0.3, -0.25) is 19.5 Å². The number of nitro benzene ring substituents is 1. The molecule has 2 aromatic heterocycles. The number of carbonyl (C=O) groups excluding carboxylic acids is 1. The normalized spacial score (nSPS) is 14.9. The lowest BCUT2D eigenvalue weighted by atomic mass is 9.94. The summed E-state index contributed by atoms with van der Waals surface area (Å²) in [6.45, 7) is 3.89. The van der Waals surface area contributed by atoms with Gasteiger partial charge in [-0.15, -0.1) is 0 Å². The second kappa shape index (κ2) is 12.2. The van der Waals surface area contributed by atoms with E-state index in [2.05, 4.69) is 0 Å². The van der Waals surface area contributed by atoms with Crippen LogP contribution in [0.5, 0.6) is 5.75 Å². The van der Waals surface area contributed by atoms with Crippen molar-refractivity contribution in [1.82, 2.24) is 4.57 Å². The van der Waals surface area contributed by atoms with Gasteiger partial charge in [-0.25, -0.2) is 9.79 Å². The molecular weight excluding hydrogens is 582 g/mol. The van der Waals surface area contributed by atoms with Crippen molar-refractivity contribution in [2.45, 2.75) is 32.7 Å². The Hall–Kier alpha value is -4.48. The Morgan fingerprint density at radius 2 is 2.02 bits per heavy atom. The van der Waals surface area contributed by atoms with Crippen LogP contribution in [-0.4, -0.2) is 29.2 Å². The zero-order valence-electron chi connectivity index (χ0n) is 23.0. The van der Waals surface area contributed by atoms with E-state index in [9.17, 15) is 19.7 Å². The van der Waals surface area contributed by atoms with Crippen LogP contribution in [0, 0.1) is 10.1 Å². The quantitative estimate of drug-likeness (QED) is 0.141. The fourth-order valence-electron chi connectivity index (χ4n) is 4.77. The van der Waals surface area contributed by atoms with E-state index in [4.69, 9.17) is 30.5 Å². The second-order valence-electron chi connectivity index (χ2n) is 9.31. The lowest BCUT2D eigenvalue weighted by Crippen LogP contribution is -2.40. The number of furan rings is 1. The second-order valence-corrected chi connectivity index (χ2v) is 10.7. The lowest BCUT2D eigenvalue weighted by Gasteiger charge is -2.26. The van der Waals surface area contributed by atoms with Crippen LogP contribution in [0.2, 0.25) is 5.02 Å². The smallest absolute Gasteiger partial charge is 0.338 e. The maximum atomic E-state index is 13.9. The number of ether oxygens (including phenoxy) is 2. The molecule has 3 heterocycles. The van der Waals surface area contributed by atoms with Gasteiger partial charge in [0.15, 0.2) is 4.80 Å². The van der Waals surface area contributed by atoms with E-state index >= 15 is 0 Å². The van der Waals surface area contributed by atoms with Crippen LogP contribution in [0.15, 0.2) is 80.1 Å². The number of thiazole rings is 1. The van der Waals surface area contributed by atoms with E-state index in [0.29, 0.717) is 55.4 Å². The Morgan fingerprint density at radius 1 is 1.21 bits per heavy atom. The van der Waals surface area contributed by atoms with Crippen molar-refractivity contribution in [2.75, 3.05) is 13.7 Å². The van der Waals surface area contributed by atoms with Crippen LogP contribution in [0.3, 0.4) is 0 Å². The number of carbonyl (C=O) groups is 1. The molecule has 4 aromatic rings. The minimum Gasteiger partial charge on any atom is -0.497 e. The highest BCUT2D eigenvalue weighted by molar-refractivity contribution is 7.07. The molecule has 2 aromatic carbocycles. The van der Waals surface area contributed by atoms with Crippen molar-refractivity contribution in [3.05, 3.63) is 112 Å². The molecule has 1 unspecified atom stereocenters. The first-order valence-corrected chi connectivity index (χ1v) is 14.3. The summed E-state index contributed by atoms with van der Waals surface area (Å²) in [6, 6.07) is 13.8. The van der Waals surface area contributed by atoms with E-state index in [-0.39, 0.29) is 22.9 Å². The maximum Gasteiger partial charge on any atom is 0.338 e. The van der Waals surface area contributed by atoms with Crippen molar-refractivity contribution in [3.8, 4) is 17.1 Å². The number of rotatable bonds is 9. The molecule has 12 heteroatoms. The summed E-state index contributed by atoms with van der Waals surface area (Å²) in [5.74, 6) is 0.701. The summed E-state index contributed by atoms with van der Waals surface area (Å²) < 4.78 is 18.6. The van der Waals surface area contributed by atoms with Gasteiger partial charge in [-0.05, 0) is 49.2 Å². The van der Waals surface area contributed by atoms with Crippen LogP contribution in [0.25, 0.3) is 17.4 Å². The largest absolute Gasteiger partial charge is 0.497 e. The average molecular weight is 608 g/mol. The molecular formula is C30H26ClN3O7S. The van der Waals surface area contributed by atoms with Gasteiger partial charge in [0.05, 0.1) is 45.5 Å². The molecule has 0 aliphatic carbocycles. The molecule has 0 N–H and O–H groups in total. The molecule has 42 heavy (non-hydrogen) atoms. The third kappa shape index (κ3) is 5.53. The molecule has 0 spiro atoms. The van der Waals surface area contributed by atoms with Crippen molar-refractivity contribution < 1.29 is 23.6 Å². The molecule has 1 atom stereocenters. The number of hydrogen-bond acceptors (Lipinski definition) is 9. The summed E-state index contributed by atoms with van der Waals surface area (Å²) in [4.78, 5) is 43.2. The zero-order valence-corrected chi connectivity index (χ0v) is 24.5. The predicted molar refractivity (Wildman–Crippen MR) is 158 cm³/mol. The number of benzene rings is 2. The van der Waals surface area contributed by atoms with Crippen LogP contribution in [-0.2, 0) is 9.53 Å². The highest BCUT2D eigenvalue weighted by Gasteiger charge is 2.34. The number of nitrogens with zero attached hydrogens (tertiary/aromatic N) is 3. The first kappa shape index (κ1) is 29.0. The minimum absolute atomic E-state index is 0.126. The SMILES string of the molecule is CCCC1=C(C(=O)OCC)C(c2cccc(OC)c2)n2c(s/c(=C\c3ccc(-c4cc([N+](=O)[O-])ccc4Cl)o3)c2=O)=N1. The Morgan fingerprint density at radius 3 is 2.74 bits per heavy atom. The number of methoxy groups -OCH3 is 1. The molecule has 5 rings (SSSR count). The standard InChI is InChI=1S/C30H26ClN3O7S/c1-4-7-23-26(29(36)40-5-2)27(17-8-6-9-19(14-17)39-3)33-28(35)25(42-30(33)32-23)16-20-11-13-24(41-20)21-15-18(34(37)38)10-12-22(21)31/h6,8-16,27H,4-5,7H2,1-3H3/b25-16-. The molecule has 0 amide bonds. The summed E-state index contributed by atoms with van der Waals surface area (Å²) >= 11 is 7.46. The average Bonchev–Trinajstić information content (AvgIpc) is 3.56. The van der Waals surface area contributed by atoms with Crippen LogP contribution in [0.4, 0.5) is 5.69 Å². The number of non-ortho nitro benzene ring substituents is 1. The molecule has 216 valence electrons. The predicted octanol–water partition coefficient (Wildman–Crippen LogP) is 5.41. The third-order valence-electron chi connectivity index (χ3n) is 6.63. The van der Waals surface area contributed by atoms with Crippen molar-refractivity contribution in [3.63, 3.8) is 0 Å². The van der Waals surface area contributed by atoms with Gasteiger partial charge >= 0.3 is 5.97 Å². The summed E-state index contributed by atoms with van der Waals surface area (Å²) in [7, 11) is 1.55. The Balaban J connectivity index is 1.67. The van der Waals surface area contributed by atoms with E-state index < -0.39 is 16.9 Å². The highest BCUT2D eigenvalue weighted by Crippen LogP contribution is 2.35. The molecule has 1 aliphatic heterocycles. The number of hydrogen-bond donors (Lipinski definition) is 0. The van der Waals surface area contributed by atoms with Crippen molar-refractivity contribution >= 4 is 40.7 Å². The van der Waals surface area contributed by atoms with Crippen molar-refractivity contribution in [1.29, 1.82) is 0 Å². The molecule has 0 fully saturated rings. The highest BCUT2D eigenvalue weighted by atomic mass is 35.5. The molecule has 1 aliphatic rings. The zero-order chi connectivity index (χ0) is 30.0. The molecule has 0 saturated carbocycles. The lowest BCUT2D eigenvalue weighted by molar-refractivity contribution is -0.384. The molecule has 10 nitrogen and oxygen atoms in total. The Kier molecular flexibility index (Phi) is 8.41. The fraction of sp³-hybridized carbons (Fsp3) is 0.233.